The molecule has 0 aliphatic heterocycles. The predicted octanol–water partition coefficient (Wildman–Crippen LogP) is 3.39. The molecule has 0 bridgehead atoms. The summed E-state index contributed by atoms with van der Waals surface area (Å²) in [4.78, 5) is 2.47. The Bertz CT molecular complexity index is 633. The molecule has 25 heavy (non-hydrogen) atoms. The molecule has 0 unspecified atom stereocenters. The van der Waals surface area contributed by atoms with Crippen LogP contribution in [0.5, 0.6) is 0 Å². The van der Waals surface area contributed by atoms with Gasteiger partial charge in [-0.05, 0) is 0 Å². The summed E-state index contributed by atoms with van der Waals surface area (Å²) >= 11 is 0.193. The average Bonchev–Trinajstić information content (AvgIpc) is 2.65. The Labute approximate surface area is 158 Å². The number of methoxy groups -OCH3 is 1. The van der Waals surface area contributed by atoms with Crippen molar-refractivity contribution < 1.29 is 9.47 Å². The van der Waals surface area contributed by atoms with Crippen LogP contribution in [0.15, 0.2) is 54.6 Å². The van der Waals surface area contributed by atoms with Crippen LogP contribution in [0.3, 0.4) is 0 Å². The monoisotopic (exact) mass is 407 g/mol. The molecule has 0 aromatic heterocycles. The van der Waals surface area contributed by atoms with Crippen LogP contribution >= 0.6 is 0 Å². The van der Waals surface area contributed by atoms with E-state index in [2.05, 4.69) is 80.5 Å². The van der Waals surface area contributed by atoms with Crippen molar-refractivity contribution in [1.29, 1.82) is 0 Å². The fraction of sp³-hybridized carbons (Fsp3) is 0.429. The molecule has 0 radical (unpaired) electrons. The van der Waals surface area contributed by atoms with Gasteiger partial charge in [-0.1, -0.05) is 0 Å². The van der Waals surface area contributed by atoms with Crippen molar-refractivity contribution in [3.63, 3.8) is 0 Å². The number of hydrogen-bond acceptors (Lipinski definition) is 3. The number of benzene rings is 2. The molecule has 0 aliphatic rings. The predicted molar refractivity (Wildman–Crippen MR) is 106 cm³/mol. The average molecular weight is 406 g/mol. The first-order chi connectivity index (χ1) is 12.1. The SMILES string of the molecule is CCO[C@@H](OC)[C@H]([Se]c1ccccc1[C@@H](C)N(C)C)c1ccccc1. The third-order valence-corrected chi connectivity index (χ3v) is 7.22. The van der Waals surface area contributed by atoms with Crippen molar-refractivity contribution in [2.45, 2.75) is 31.0 Å². The maximum atomic E-state index is 5.91. The van der Waals surface area contributed by atoms with Crippen LogP contribution in [0.4, 0.5) is 0 Å². The number of nitrogens with zero attached hydrogens (tertiary/aromatic N) is 1. The molecular weight excluding hydrogens is 377 g/mol. The van der Waals surface area contributed by atoms with Gasteiger partial charge in [-0.25, -0.2) is 0 Å². The molecule has 3 atom stereocenters. The topological polar surface area (TPSA) is 21.7 Å². The van der Waals surface area contributed by atoms with Gasteiger partial charge in [0.15, 0.2) is 0 Å². The Kier molecular flexibility index (Phi) is 8.14. The first-order valence-electron chi connectivity index (χ1n) is 8.69. The second-order valence-electron chi connectivity index (χ2n) is 6.19. The van der Waals surface area contributed by atoms with Gasteiger partial charge in [-0.3, -0.25) is 0 Å². The molecule has 2 aromatic rings. The molecular formula is C21H29NO2Se. The fourth-order valence-electron chi connectivity index (χ4n) is 2.71. The molecule has 0 saturated heterocycles. The zero-order valence-electron chi connectivity index (χ0n) is 15.8. The van der Waals surface area contributed by atoms with E-state index in [0.29, 0.717) is 12.6 Å². The molecule has 3 nitrogen and oxygen atoms in total. The normalized spacial score (nSPS) is 15.1. The second-order valence-corrected chi connectivity index (χ2v) is 8.67. The van der Waals surface area contributed by atoms with Crippen LogP contribution < -0.4 is 4.46 Å². The molecule has 0 heterocycles. The number of ether oxygens (including phenoxy) is 2. The van der Waals surface area contributed by atoms with Crippen molar-refractivity contribution in [2.75, 3.05) is 27.8 Å². The molecule has 0 N–H and O–H groups in total. The van der Waals surface area contributed by atoms with E-state index < -0.39 is 0 Å². The van der Waals surface area contributed by atoms with Gasteiger partial charge in [0.25, 0.3) is 0 Å². The van der Waals surface area contributed by atoms with Gasteiger partial charge in [-0.2, -0.15) is 0 Å². The Morgan fingerprint density at radius 3 is 2.24 bits per heavy atom. The van der Waals surface area contributed by atoms with E-state index in [-0.39, 0.29) is 26.1 Å². The Hall–Kier alpha value is -1.16. The zero-order valence-corrected chi connectivity index (χ0v) is 17.5. The summed E-state index contributed by atoms with van der Waals surface area (Å²) in [6, 6.07) is 19.7. The maximum absolute atomic E-state index is 5.91. The minimum absolute atomic E-state index is 0.193. The zero-order chi connectivity index (χ0) is 18.2. The number of rotatable bonds is 9. The molecule has 2 rings (SSSR count). The first kappa shape index (κ1) is 20.2. The van der Waals surface area contributed by atoms with Crippen LogP contribution in [0, 0.1) is 0 Å². The third-order valence-electron chi connectivity index (χ3n) is 4.34. The standard InChI is InChI=1S/C21H29NO2Se/c1-6-24-21(23-5)20(17-12-8-7-9-13-17)25-19-15-11-10-14-18(19)16(2)22(3)4/h7-16,20-21H,6H2,1-5H3/t16-,20-,21-/m1/s1. The van der Waals surface area contributed by atoms with E-state index in [1.54, 1.807) is 7.11 Å². The molecule has 0 amide bonds. The molecule has 4 heteroatoms. The van der Waals surface area contributed by atoms with Crippen LogP contribution in [0.2, 0.25) is 0 Å². The van der Waals surface area contributed by atoms with Gasteiger partial charge in [0.05, 0.1) is 0 Å². The summed E-state index contributed by atoms with van der Waals surface area (Å²) in [6.45, 7) is 4.92. The quantitative estimate of drug-likeness (QED) is 0.471. The summed E-state index contributed by atoms with van der Waals surface area (Å²) in [6.07, 6.45) is -0.227. The van der Waals surface area contributed by atoms with Crippen molar-refractivity contribution in [2.24, 2.45) is 0 Å². The van der Waals surface area contributed by atoms with Gasteiger partial charge in [0.1, 0.15) is 0 Å². The minimum atomic E-state index is -0.227. The van der Waals surface area contributed by atoms with Crippen molar-refractivity contribution in [3.8, 4) is 0 Å². The summed E-state index contributed by atoms with van der Waals surface area (Å²) in [5.74, 6) is 0. The van der Waals surface area contributed by atoms with Gasteiger partial charge in [0, 0.05) is 0 Å². The van der Waals surface area contributed by atoms with Crippen molar-refractivity contribution in [1.82, 2.24) is 4.90 Å². The molecule has 136 valence electrons. The van der Waals surface area contributed by atoms with Crippen molar-refractivity contribution >= 4 is 19.4 Å². The first-order valence-corrected chi connectivity index (χ1v) is 10.5. The molecule has 0 aliphatic carbocycles. The number of hydrogen-bond donors (Lipinski definition) is 0. The Balaban J connectivity index is 2.37. The van der Waals surface area contributed by atoms with Gasteiger partial charge in [-0.15, -0.1) is 0 Å². The van der Waals surface area contributed by atoms with Gasteiger partial charge in [0.2, 0.25) is 0 Å². The van der Waals surface area contributed by atoms with E-state index in [1.165, 1.54) is 15.6 Å². The van der Waals surface area contributed by atoms with E-state index in [0.717, 1.165) is 0 Å². The molecule has 0 fully saturated rings. The summed E-state index contributed by atoms with van der Waals surface area (Å²) in [5, 5.41) is 0. The van der Waals surface area contributed by atoms with Crippen LogP contribution in [0.25, 0.3) is 0 Å². The van der Waals surface area contributed by atoms with E-state index >= 15 is 0 Å². The van der Waals surface area contributed by atoms with E-state index in [1.807, 2.05) is 6.92 Å². The molecule has 0 saturated carbocycles. The Morgan fingerprint density at radius 2 is 1.64 bits per heavy atom. The van der Waals surface area contributed by atoms with E-state index in [4.69, 9.17) is 9.47 Å². The summed E-state index contributed by atoms with van der Waals surface area (Å²) < 4.78 is 13.0. The fourth-order valence-corrected chi connectivity index (χ4v) is 5.65. The molecule has 0 spiro atoms. The van der Waals surface area contributed by atoms with E-state index in [9.17, 15) is 0 Å². The van der Waals surface area contributed by atoms with Crippen LogP contribution in [-0.2, 0) is 9.47 Å². The summed E-state index contributed by atoms with van der Waals surface area (Å²) in [7, 11) is 5.99. The summed E-state index contributed by atoms with van der Waals surface area (Å²) in [5.41, 5.74) is 2.66. The third kappa shape index (κ3) is 5.40. The second kappa shape index (κ2) is 10.1. The van der Waals surface area contributed by atoms with Gasteiger partial charge >= 0.3 is 158 Å². The Morgan fingerprint density at radius 1 is 1.00 bits per heavy atom. The molecule has 2 aromatic carbocycles. The van der Waals surface area contributed by atoms with Crippen molar-refractivity contribution in [3.05, 3.63) is 65.7 Å². The van der Waals surface area contributed by atoms with Gasteiger partial charge < -0.3 is 0 Å². The van der Waals surface area contributed by atoms with Crippen LogP contribution in [-0.4, -0.2) is 54.0 Å². The van der Waals surface area contributed by atoms with Crippen LogP contribution in [0.1, 0.15) is 35.8 Å².